The number of urea groups is 2. The van der Waals surface area contributed by atoms with Crippen LogP contribution < -0.4 is 15.4 Å². The molecule has 0 atom stereocenters. The molecule has 0 bridgehead atoms. The SMILES string of the molecule is N#CCC(=O)Nc1cc(Oc2cc(F)c(NC(=O)N3CCN(C4CCOCC4)C3=O)cc2Cl)ccn1. The van der Waals surface area contributed by atoms with Crippen LogP contribution >= 0.6 is 11.6 Å². The Morgan fingerprint density at radius 1 is 1.25 bits per heavy atom. The molecule has 11 nitrogen and oxygen atoms in total. The van der Waals surface area contributed by atoms with Crippen LogP contribution in [-0.2, 0) is 9.53 Å². The van der Waals surface area contributed by atoms with Crippen LogP contribution in [0.25, 0.3) is 0 Å². The molecule has 0 radical (unpaired) electrons. The molecule has 1 aromatic heterocycles. The topological polar surface area (TPSA) is 137 Å². The highest BCUT2D eigenvalue weighted by Crippen LogP contribution is 2.34. The highest BCUT2D eigenvalue weighted by molar-refractivity contribution is 6.32. The number of imide groups is 1. The van der Waals surface area contributed by atoms with Crippen molar-refractivity contribution < 1.29 is 28.2 Å². The van der Waals surface area contributed by atoms with Crippen molar-refractivity contribution in [1.29, 1.82) is 5.26 Å². The Morgan fingerprint density at radius 2 is 2.03 bits per heavy atom. The molecule has 3 heterocycles. The van der Waals surface area contributed by atoms with Gasteiger partial charge in [0.2, 0.25) is 5.91 Å². The summed E-state index contributed by atoms with van der Waals surface area (Å²) >= 11 is 6.25. The van der Waals surface area contributed by atoms with E-state index in [4.69, 9.17) is 26.3 Å². The maximum atomic E-state index is 14.8. The number of amides is 5. The molecule has 2 aliphatic heterocycles. The number of hydrogen-bond acceptors (Lipinski definition) is 7. The second-order valence-electron chi connectivity index (χ2n) is 8.03. The number of hydrogen-bond donors (Lipinski definition) is 2. The summed E-state index contributed by atoms with van der Waals surface area (Å²) in [7, 11) is 0. The van der Waals surface area contributed by atoms with Crippen LogP contribution in [0.4, 0.5) is 25.5 Å². The summed E-state index contributed by atoms with van der Waals surface area (Å²) in [5, 5.41) is 13.4. The minimum absolute atomic E-state index is 0.00448. The second kappa shape index (κ2) is 11.2. The third-order valence-electron chi connectivity index (χ3n) is 5.65. The van der Waals surface area contributed by atoms with E-state index in [0.29, 0.717) is 32.6 Å². The Balaban J connectivity index is 1.41. The fourth-order valence-electron chi connectivity index (χ4n) is 3.89. The number of ether oxygens (including phenoxy) is 2. The van der Waals surface area contributed by atoms with Crippen LogP contribution in [0.2, 0.25) is 5.02 Å². The van der Waals surface area contributed by atoms with Gasteiger partial charge in [-0.25, -0.2) is 23.9 Å². The van der Waals surface area contributed by atoms with Gasteiger partial charge in [-0.05, 0) is 25.0 Å². The Morgan fingerprint density at radius 3 is 2.78 bits per heavy atom. The third kappa shape index (κ3) is 5.81. The van der Waals surface area contributed by atoms with E-state index < -0.39 is 23.8 Å². The minimum atomic E-state index is -0.827. The molecule has 1 aromatic carbocycles. The van der Waals surface area contributed by atoms with E-state index in [2.05, 4.69) is 15.6 Å². The number of aromatic nitrogens is 1. The Bertz CT molecular complexity index is 1220. The number of anilines is 2. The van der Waals surface area contributed by atoms with Crippen LogP contribution in [0.1, 0.15) is 19.3 Å². The van der Waals surface area contributed by atoms with Crippen molar-refractivity contribution in [3.63, 3.8) is 0 Å². The highest BCUT2D eigenvalue weighted by atomic mass is 35.5. The molecule has 2 aromatic rings. The standard InChI is InChI=1S/C23H22ClFN6O5/c24-16-12-18(28-22(33)31-8-7-30(23(31)34)14-3-9-35-10-4-14)17(25)13-19(16)36-15-2-6-27-20(11-15)29-21(32)1-5-26/h2,6,11-14H,1,3-4,7-10H2,(H,28,33)(H,27,29,32). The number of benzene rings is 1. The molecule has 188 valence electrons. The van der Waals surface area contributed by atoms with Gasteiger partial charge in [0.1, 0.15) is 23.7 Å². The van der Waals surface area contributed by atoms with Crippen molar-refractivity contribution in [2.75, 3.05) is 36.9 Å². The van der Waals surface area contributed by atoms with E-state index in [9.17, 15) is 18.8 Å². The molecule has 13 heteroatoms. The number of nitrogens with zero attached hydrogens (tertiary/aromatic N) is 4. The highest BCUT2D eigenvalue weighted by Gasteiger charge is 2.37. The number of carbonyl (C=O) groups excluding carboxylic acids is 3. The second-order valence-corrected chi connectivity index (χ2v) is 8.43. The number of halogens is 2. The van der Waals surface area contributed by atoms with Crippen LogP contribution in [0.5, 0.6) is 11.5 Å². The lowest BCUT2D eigenvalue weighted by Crippen LogP contribution is -2.44. The monoisotopic (exact) mass is 516 g/mol. The first-order chi connectivity index (χ1) is 17.4. The molecule has 36 heavy (non-hydrogen) atoms. The summed E-state index contributed by atoms with van der Waals surface area (Å²) in [5.74, 6) is -1.08. The Hall–Kier alpha value is -3.95. The number of rotatable bonds is 6. The molecular weight excluding hydrogens is 495 g/mol. The fraction of sp³-hybridized carbons (Fsp3) is 0.348. The van der Waals surface area contributed by atoms with Gasteiger partial charge in [-0.2, -0.15) is 5.26 Å². The van der Waals surface area contributed by atoms with Gasteiger partial charge in [0.05, 0.1) is 16.8 Å². The third-order valence-corrected chi connectivity index (χ3v) is 5.94. The molecule has 2 aliphatic rings. The predicted octanol–water partition coefficient (Wildman–Crippen LogP) is 3.97. The summed E-state index contributed by atoms with van der Waals surface area (Å²) in [6.45, 7) is 1.72. The molecule has 2 saturated heterocycles. The minimum Gasteiger partial charge on any atom is -0.455 e. The molecule has 5 amide bonds. The van der Waals surface area contributed by atoms with Crippen molar-refractivity contribution in [1.82, 2.24) is 14.8 Å². The summed E-state index contributed by atoms with van der Waals surface area (Å²) in [4.78, 5) is 43.6. The van der Waals surface area contributed by atoms with Gasteiger partial charge in [0.25, 0.3) is 0 Å². The Labute approximate surface area is 210 Å². The quantitative estimate of drug-likeness (QED) is 0.592. The summed E-state index contributed by atoms with van der Waals surface area (Å²) in [5.41, 5.74) is -0.214. The number of pyridine rings is 1. The van der Waals surface area contributed by atoms with Gasteiger partial charge >= 0.3 is 12.1 Å². The Kier molecular flexibility index (Phi) is 7.82. The molecule has 4 rings (SSSR count). The van der Waals surface area contributed by atoms with Crippen LogP contribution in [-0.4, -0.2) is 65.1 Å². The van der Waals surface area contributed by atoms with Crippen LogP contribution in [0.15, 0.2) is 30.5 Å². The predicted molar refractivity (Wildman–Crippen MR) is 126 cm³/mol. The van der Waals surface area contributed by atoms with Crippen molar-refractivity contribution in [2.24, 2.45) is 0 Å². The van der Waals surface area contributed by atoms with E-state index in [-0.39, 0.29) is 47.0 Å². The maximum Gasteiger partial charge on any atom is 0.330 e. The van der Waals surface area contributed by atoms with Gasteiger partial charge in [0, 0.05) is 50.7 Å². The van der Waals surface area contributed by atoms with E-state index in [1.807, 2.05) is 0 Å². The van der Waals surface area contributed by atoms with E-state index >= 15 is 0 Å². The van der Waals surface area contributed by atoms with Crippen molar-refractivity contribution in [2.45, 2.75) is 25.3 Å². The molecule has 0 aliphatic carbocycles. The van der Waals surface area contributed by atoms with Gasteiger partial charge in [-0.1, -0.05) is 11.6 Å². The van der Waals surface area contributed by atoms with Crippen LogP contribution in [0, 0.1) is 17.1 Å². The smallest absolute Gasteiger partial charge is 0.330 e. The van der Waals surface area contributed by atoms with Gasteiger partial charge < -0.3 is 25.0 Å². The van der Waals surface area contributed by atoms with Gasteiger partial charge in [-0.15, -0.1) is 0 Å². The lowest BCUT2D eigenvalue weighted by Gasteiger charge is -2.30. The summed E-state index contributed by atoms with van der Waals surface area (Å²) < 4.78 is 25.7. The first-order valence-corrected chi connectivity index (χ1v) is 11.5. The number of nitrogens with one attached hydrogen (secondary N) is 2. The van der Waals surface area contributed by atoms with Crippen LogP contribution in [0.3, 0.4) is 0 Å². The van der Waals surface area contributed by atoms with Gasteiger partial charge in [0.15, 0.2) is 5.82 Å². The average Bonchev–Trinajstić information content (AvgIpc) is 3.24. The lowest BCUT2D eigenvalue weighted by molar-refractivity contribution is -0.115. The zero-order chi connectivity index (χ0) is 25.7. The number of carbonyl (C=O) groups is 3. The van der Waals surface area contributed by atoms with E-state index in [1.54, 1.807) is 11.0 Å². The molecule has 0 unspecified atom stereocenters. The largest absolute Gasteiger partial charge is 0.455 e. The molecular formula is C23H22ClFN6O5. The first kappa shape index (κ1) is 25.2. The average molecular weight is 517 g/mol. The lowest BCUT2D eigenvalue weighted by atomic mass is 10.1. The summed E-state index contributed by atoms with van der Waals surface area (Å²) in [6.07, 6.45) is 2.43. The molecule has 0 spiro atoms. The van der Waals surface area contributed by atoms with E-state index in [0.717, 1.165) is 11.0 Å². The van der Waals surface area contributed by atoms with Gasteiger partial charge in [-0.3, -0.25) is 4.79 Å². The molecule has 0 saturated carbocycles. The molecule has 2 N–H and O–H groups in total. The van der Waals surface area contributed by atoms with Crippen molar-refractivity contribution >= 4 is 41.1 Å². The normalized spacial score (nSPS) is 16.0. The number of nitriles is 1. The fourth-order valence-corrected chi connectivity index (χ4v) is 4.09. The molecule has 2 fully saturated rings. The zero-order valence-electron chi connectivity index (χ0n) is 19.0. The summed E-state index contributed by atoms with van der Waals surface area (Å²) in [6, 6.07) is 5.56. The van der Waals surface area contributed by atoms with Crippen molar-refractivity contribution in [3.8, 4) is 17.6 Å². The zero-order valence-corrected chi connectivity index (χ0v) is 19.8. The first-order valence-electron chi connectivity index (χ1n) is 11.1. The van der Waals surface area contributed by atoms with Crippen molar-refractivity contribution in [3.05, 3.63) is 41.3 Å². The maximum absolute atomic E-state index is 14.8. The van der Waals surface area contributed by atoms with E-state index in [1.165, 1.54) is 24.4 Å².